The van der Waals surface area contributed by atoms with E-state index in [4.69, 9.17) is 0 Å². The maximum absolute atomic E-state index is 4.43. The highest BCUT2D eigenvalue weighted by atomic mass is 79.9. The highest BCUT2D eigenvalue weighted by Gasteiger charge is 2.29. The zero-order valence-corrected chi connectivity index (χ0v) is 12.2. The monoisotopic (exact) mass is 297 g/mol. The van der Waals surface area contributed by atoms with Gasteiger partial charge in [0.25, 0.3) is 0 Å². The van der Waals surface area contributed by atoms with Gasteiger partial charge in [0.1, 0.15) is 0 Å². The molecule has 2 heterocycles. The lowest BCUT2D eigenvalue weighted by molar-refractivity contribution is 0.237. The molecule has 1 aliphatic heterocycles. The van der Waals surface area contributed by atoms with Gasteiger partial charge in [-0.1, -0.05) is 36.2 Å². The van der Waals surface area contributed by atoms with Crippen LogP contribution in [0.15, 0.2) is 12.4 Å². The minimum absolute atomic E-state index is 0.520. The molecule has 94 valence electrons. The van der Waals surface area contributed by atoms with Gasteiger partial charge in [0.2, 0.25) is 5.95 Å². The van der Waals surface area contributed by atoms with Crippen molar-refractivity contribution < 1.29 is 0 Å². The van der Waals surface area contributed by atoms with Gasteiger partial charge >= 0.3 is 0 Å². The molecule has 1 aliphatic rings. The molecule has 0 saturated carbocycles. The van der Waals surface area contributed by atoms with E-state index in [2.05, 4.69) is 44.6 Å². The summed E-state index contributed by atoms with van der Waals surface area (Å²) in [5, 5.41) is 0.821. The van der Waals surface area contributed by atoms with Crippen LogP contribution in [-0.2, 0) is 5.33 Å². The fourth-order valence-electron chi connectivity index (χ4n) is 2.18. The Labute approximate surface area is 112 Å². The summed E-state index contributed by atoms with van der Waals surface area (Å²) in [5.41, 5.74) is 1.65. The molecule has 0 spiro atoms. The molecule has 0 N–H and O–H groups in total. The third-order valence-corrected chi connectivity index (χ3v) is 4.60. The maximum atomic E-state index is 4.43. The molecular weight excluding hydrogens is 278 g/mol. The lowest BCUT2D eigenvalue weighted by Crippen LogP contribution is -2.39. The Morgan fingerprint density at radius 1 is 1.29 bits per heavy atom. The SMILES string of the molecule is CCC1(C)CCN(c2ncc(CBr)cn2)CC1. The average Bonchev–Trinajstić information content (AvgIpc) is 2.40. The third-order valence-electron chi connectivity index (χ3n) is 3.95. The van der Waals surface area contributed by atoms with Crippen molar-refractivity contribution in [3.63, 3.8) is 0 Å². The predicted octanol–water partition coefficient (Wildman–Crippen LogP) is 3.39. The summed E-state index contributed by atoms with van der Waals surface area (Å²) in [6, 6.07) is 0. The van der Waals surface area contributed by atoms with Crippen LogP contribution in [0.5, 0.6) is 0 Å². The van der Waals surface area contributed by atoms with Crippen LogP contribution in [0, 0.1) is 5.41 Å². The average molecular weight is 298 g/mol. The second kappa shape index (κ2) is 5.34. The van der Waals surface area contributed by atoms with Crippen LogP contribution in [0.3, 0.4) is 0 Å². The highest BCUT2D eigenvalue weighted by Crippen LogP contribution is 2.34. The van der Waals surface area contributed by atoms with Crippen molar-refractivity contribution in [1.82, 2.24) is 9.97 Å². The van der Waals surface area contributed by atoms with Crippen molar-refractivity contribution >= 4 is 21.9 Å². The van der Waals surface area contributed by atoms with Crippen molar-refractivity contribution in [1.29, 1.82) is 0 Å². The second-order valence-corrected chi connectivity index (χ2v) is 5.74. The Morgan fingerprint density at radius 2 is 1.88 bits per heavy atom. The Bertz CT molecular complexity index is 355. The molecule has 0 radical (unpaired) electrons. The minimum atomic E-state index is 0.520. The van der Waals surface area contributed by atoms with E-state index < -0.39 is 0 Å². The van der Waals surface area contributed by atoms with Crippen LogP contribution in [0.4, 0.5) is 5.95 Å². The Morgan fingerprint density at radius 3 is 2.35 bits per heavy atom. The highest BCUT2D eigenvalue weighted by molar-refractivity contribution is 9.08. The normalized spacial score (nSPS) is 19.4. The zero-order valence-electron chi connectivity index (χ0n) is 10.6. The molecule has 1 fully saturated rings. The zero-order chi connectivity index (χ0) is 12.3. The van der Waals surface area contributed by atoms with E-state index in [9.17, 15) is 0 Å². The Hall–Kier alpha value is -0.640. The molecule has 1 aromatic heterocycles. The smallest absolute Gasteiger partial charge is 0.225 e. The van der Waals surface area contributed by atoms with E-state index in [0.29, 0.717) is 5.41 Å². The third kappa shape index (κ3) is 2.97. The Balaban J connectivity index is 2.00. The first-order chi connectivity index (χ1) is 8.17. The van der Waals surface area contributed by atoms with Crippen molar-refractivity contribution in [3.8, 4) is 0 Å². The second-order valence-electron chi connectivity index (χ2n) is 5.18. The molecule has 1 saturated heterocycles. The van der Waals surface area contributed by atoms with Gasteiger partial charge in [-0.2, -0.15) is 0 Å². The number of hydrogen-bond acceptors (Lipinski definition) is 3. The molecular formula is C13H20BrN3. The van der Waals surface area contributed by atoms with Crippen molar-refractivity contribution in [3.05, 3.63) is 18.0 Å². The van der Waals surface area contributed by atoms with Crippen molar-refractivity contribution in [2.45, 2.75) is 38.4 Å². The molecule has 0 unspecified atom stereocenters. The van der Waals surface area contributed by atoms with E-state index in [1.165, 1.54) is 19.3 Å². The van der Waals surface area contributed by atoms with E-state index in [1.54, 1.807) is 0 Å². The summed E-state index contributed by atoms with van der Waals surface area (Å²) in [4.78, 5) is 11.2. The number of anilines is 1. The lowest BCUT2D eigenvalue weighted by Gasteiger charge is -2.38. The van der Waals surface area contributed by atoms with Gasteiger partial charge in [0, 0.05) is 30.8 Å². The summed E-state index contributed by atoms with van der Waals surface area (Å²) < 4.78 is 0. The Kier molecular flexibility index (Phi) is 4.02. The van der Waals surface area contributed by atoms with Gasteiger partial charge in [-0.05, 0) is 23.8 Å². The van der Waals surface area contributed by atoms with E-state index in [0.717, 1.165) is 29.9 Å². The predicted molar refractivity (Wildman–Crippen MR) is 74.5 cm³/mol. The lowest BCUT2D eigenvalue weighted by atomic mass is 9.78. The van der Waals surface area contributed by atoms with Gasteiger partial charge in [-0.25, -0.2) is 9.97 Å². The number of rotatable bonds is 3. The molecule has 1 aromatic rings. The first-order valence-electron chi connectivity index (χ1n) is 6.29. The summed E-state index contributed by atoms with van der Waals surface area (Å²) >= 11 is 3.41. The first-order valence-corrected chi connectivity index (χ1v) is 7.41. The van der Waals surface area contributed by atoms with Crippen LogP contribution in [0.1, 0.15) is 38.7 Å². The van der Waals surface area contributed by atoms with E-state index in [-0.39, 0.29) is 0 Å². The van der Waals surface area contributed by atoms with Crippen LogP contribution >= 0.6 is 15.9 Å². The summed E-state index contributed by atoms with van der Waals surface area (Å²) in [7, 11) is 0. The van der Waals surface area contributed by atoms with Crippen molar-refractivity contribution in [2.24, 2.45) is 5.41 Å². The quantitative estimate of drug-likeness (QED) is 0.801. The van der Waals surface area contributed by atoms with Gasteiger partial charge < -0.3 is 4.90 Å². The summed E-state index contributed by atoms with van der Waals surface area (Å²) in [5.74, 6) is 0.882. The van der Waals surface area contributed by atoms with Crippen LogP contribution in [-0.4, -0.2) is 23.1 Å². The van der Waals surface area contributed by atoms with Gasteiger partial charge in [0.05, 0.1) is 0 Å². The molecule has 2 rings (SSSR count). The largest absolute Gasteiger partial charge is 0.341 e. The molecule has 0 aliphatic carbocycles. The molecule has 0 bridgehead atoms. The number of aromatic nitrogens is 2. The van der Waals surface area contributed by atoms with Crippen molar-refractivity contribution in [2.75, 3.05) is 18.0 Å². The topological polar surface area (TPSA) is 29.0 Å². The maximum Gasteiger partial charge on any atom is 0.225 e. The summed E-state index contributed by atoms with van der Waals surface area (Å²) in [6.07, 6.45) is 7.57. The van der Waals surface area contributed by atoms with E-state index in [1.807, 2.05) is 12.4 Å². The summed E-state index contributed by atoms with van der Waals surface area (Å²) in [6.45, 7) is 6.84. The first kappa shape index (κ1) is 12.8. The number of hydrogen-bond donors (Lipinski definition) is 0. The number of alkyl halides is 1. The number of piperidine rings is 1. The van der Waals surface area contributed by atoms with Gasteiger partial charge in [-0.3, -0.25) is 0 Å². The number of nitrogens with zero attached hydrogens (tertiary/aromatic N) is 3. The fourth-order valence-corrected chi connectivity index (χ4v) is 2.47. The molecule has 0 amide bonds. The number of halogens is 1. The minimum Gasteiger partial charge on any atom is -0.341 e. The van der Waals surface area contributed by atoms with Crippen LogP contribution in [0.25, 0.3) is 0 Å². The molecule has 3 nitrogen and oxygen atoms in total. The van der Waals surface area contributed by atoms with Crippen LogP contribution < -0.4 is 4.90 Å². The standard InChI is InChI=1S/C13H20BrN3/c1-3-13(2)4-6-17(7-5-13)12-15-9-11(8-14)10-16-12/h9-10H,3-8H2,1-2H3. The molecule has 17 heavy (non-hydrogen) atoms. The molecule has 4 heteroatoms. The van der Waals surface area contributed by atoms with Crippen LogP contribution in [0.2, 0.25) is 0 Å². The van der Waals surface area contributed by atoms with E-state index >= 15 is 0 Å². The molecule has 0 aromatic carbocycles. The molecule has 0 atom stereocenters. The van der Waals surface area contributed by atoms with Gasteiger partial charge in [-0.15, -0.1) is 0 Å². The van der Waals surface area contributed by atoms with Gasteiger partial charge in [0.15, 0.2) is 0 Å². The fraction of sp³-hybridized carbons (Fsp3) is 0.692.